The molecule has 1 spiro atoms. The third-order valence-corrected chi connectivity index (χ3v) is 11.0. The van der Waals surface area contributed by atoms with E-state index in [0.717, 1.165) is 66.0 Å². The second kappa shape index (κ2) is 8.62. The number of carbonyl (C=O) groups excluding carboxylic acids is 1. The van der Waals surface area contributed by atoms with Gasteiger partial charge in [-0.1, -0.05) is 36.4 Å². The molecule has 3 aromatic carbocycles. The van der Waals surface area contributed by atoms with Gasteiger partial charge in [0.2, 0.25) is 0 Å². The highest BCUT2D eigenvalue weighted by molar-refractivity contribution is 5.99. The van der Waals surface area contributed by atoms with Gasteiger partial charge in [-0.05, 0) is 85.5 Å². The predicted molar refractivity (Wildman–Crippen MR) is 159 cm³/mol. The summed E-state index contributed by atoms with van der Waals surface area (Å²) in [7, 11) is 0. The molecule has 4 N–H and O–H groups in total. The smallest absolute Gasteiger partial charge is 0.251 e. The Morgan fingerprint density at radius 1 is 1.12 bits per heavy atom. The highest BCUT2D eigenvalue weighted by Crippen LogP contribution is 2.69. The largest absolute Gasteiger partial charge is 0.504 e. The third-order valence-electron chi connectivity index (χ3n) is 11.0. The SMILES string of the molecule is O=C(NCCc1ccccc1)c1ccc2[nH]c3c(c2c1)C[C@@]1(O)[C@H]2Cc4ccc(O)c5c4[C@@]1(CCN2CC1CC1)[C@H]3O5. The lowest BCUT2D eigenvalue weighted by atomic mass is 9.49. The summed E-state index contributed by atoms with van der Waals surface area (Å²) in [5, 5.41) is 28.0. The first-order chi connectivity index (χ1) is 20.5. The number of carbonyl (C=O) groups is 1. The van der Waals surface area contributed by atoms with Crippen LogP contribution in [0.2, 0.25) is 0 Å². The Balaban J connectivity index is 1.12. The number of aromatic amines is 1. The van der Waals surface area contributed by atoms with E-state index >= 15 is 0 Å². The van der Waals surface area contributed by atoms with Gasteiger partial charge in [0.25, 0.3) is 5.91 Å². The number of phenols is 1. The predicted octanol–water partition coefficient (Wildman–Crippen LogP) is 4.55. The number of piperidine rings is 1. The number of fused-ring (bicyclic) bond motifs is 4. The number of aromatic nitrogens is 1. The van der Waals surface area contributed by atoms with E-state index in [4.69, 9.17) is 4.74 Å². The summed E-state index contributed by atoms with van der Waals surface area (Å²) in [6, 6.07) is 19.7. The van der Waals surface area contributed by atoms with Gasteiger partial charge in [-0.15, -0.1) is 0 Å². The van der Waals surface area contributed by atoms with Gasteiger partial charge in [0.15, 0.2) is 17.6 Å². The van der Waals surface area contributed by atoms with Gasteiger partial charge in [-0.25, -0.2) is 0 Å². The van der Waals surface area contributed by atoms with Crippen molar-refractivity contribution in [1.29, 1.82) is 0 Å². The summed E-state index contributed by atoms with van der Waals surface area (Å²) in [5.41, 5.74) is 5.27. The maximum atomic E-state index is 13.2. The number of H-pyrrole nitrogens is 1. The zero-order valence-electron chi connectivity index (χ0n) is 23.5. The van der Waals surface area contributed by atoms with Crippen molar-refractivity contribution in [3.8, 4) is 11.5 Å². The molecule has 3 aliphatic carbocycles. The number of hydrogen-bond donors (Lipinski definition) is 4. The highest BCUT2D eigenvalue weighted by atomic mass is 16.5. The number of ether oxygens (including phenoxy) is 1. The van der Waals surface area contributed by atoms with Crippen molar-refractivity contribution in [2.75, 3.05) is 19.6 Å². The molecule has 1 saturated carbocycles. The standard InChI is InChI=1S/C35H35N3O4/c39-27-11-9-22-17-28-35(41)18-25-24-16-23(33(40)36-14-12-20-4-2-1-3-5-20)8-10-26(24)37-30(25)32-34(35,29(22)31(27)42-32)13-15-38(28)19-21-6-7-21/h1-5,8-11,16,21,28,32,37,39,41H,6-7,12-15,17-19H2,(H,36,40)/t28-,32+,34+,35-/m1/s1. The lowest BCUT2D eigenvalue weighted by molar-refractivity contribution is -0.173. The van der Waals surface area contributed by atoms with Gasteiger partial charge in [0.05, 0.1) is 16.7 Å². The van der Waals surface area contributed by atoms with Crippen molar-refractivity contribution >= 4 is 16.8 Å². The lowest BCUT2D eigenvalue weighted by Crippen LogP contribution is -2.74. The van der Waals surface area contributed by atoms with Crippen LogP contribution in [0.3, 0.4) is 0 Å². The molecule has 2 fully saturated rings. The quantitative estimate of drug-likeness (QED) is 0.277. The summed E-state index contributed by atoms with van der Waals surface area (Å²) >= 11 is 0. The summed E-state index contributed by atoms with van der Waals surface area (Å²) in [5.74, 6) is 1.31. The minimum Gasteiger partial charge on any atom is -0.504 e. The molecule has 1 aromatic heterocycles. The summed E-state index contributed by atoms with van der Waals surface area (Å²) in [4.78, 5) is 19.4. The Morgan fingerprint density at radius 2 is 1.98 bits per heavy atom. The maximum Gasteiger partial charge on any atom is 0.251 e. The van der Waals surface area contributed by atoms with Crippen molar-refractivity contribution in [1.82, 2.24) is 15.2 Å². The van der Waals surface area contributed by atoms with Crippen LogP contribution in [-0.2, 0) is 24.7 Å². The molecule has 7 nitrogen and oxygen atoms in total. The minimum absolute atomic E-state index is 0.0245. The second-order valence-corrected chi connectivity index (χ2v) is 13.2. The number of nitrogens with zero attached hydrogens (tertiary/aromatic N) is 1. The normalized spacial score (nSPS) is 28.7. The molecule has 4 aromatic rings. The summed E-state index contributed by atoms with van der Waals surface area (Å²) < 4.78 is 6.69. The van der Waals surface area contributed by atoms with Crippen LogP contribution in [0.4, 0.5) is 0 Å². The van der Waals surface area contributed by atoms with Gasteiger partial charge in [-0.2, -0.15) is 0 Å². The first-order valence-corrected chi connectivity index (χ1v) is 15.4. The van der Waals surface area contributed by atoms with Crippen LogP contribution in [-0.4, -0.2) is 57.3 Å². The van der Waals surface area contributed by atoms with Crippen LogP contribution in [0.25, 0.3) is 10.9 Å². The number of aliphatic hydroxyl groups is 1. The number of nitrogens with one attached hydrogen (secondary N) is 2. The fourth-order valence-electron chi connectivity index (χ4n) is 8.83. The topological polar surface area (TPSA) is 97.8 Å². The van der Waals surface area contributed by atoms with Crippen LogP contribution < -0.4 is 10.1 Å². The Bertz CT molecular complexity index is 1760. The van der Waals surface area contributed by atoms with E-state index in [1.54, 1.807) is 6.07 Å². The zero-order valence-corrected chi connectivity index (χ0v) is 23.5. The molecule has 3 heterocycles. The average molecular weight is 562 g/mol. The van der Waals surface area contributed by atoms with Crippen molar-refractivity contribution in [3.05, 3.63) is 94.2 Å². The van der Waals surface area contributed by atoms with Crippen molar-refractivity contribution in [2.45, 2.75) is 61.7 Å². The van der Waals surface area contributed by atoms with Crippen LogP contribution in [0.5, 0.6) is 11.5 Å². The minimum atomic E-state index is -1.05. The number of likely N-dealkylation sites (tertiary alicyclic amines) is 1. The maximum absolute atomic E-state index is 13.2. The van der Waals surface area contributed by atoms with E-state index in [2.05, 4.69) is 27.3 Å². The van der Waals surface area contributed by atoms with Crippen LogP contribution >= 0.6 is 0 Å². The molecule has 2 bridgehead atoms. The summed E-state index contributed by atoms with van der Waals surface area (Å²) in [6.07, 6.45) is 4.92. The molecule has 0 radical (unpaired) electrons. The lowest BCUT2D eigenvalue weighted by Gasteiger charge is -2.62. The fraction of sp³-hybridized carbons (Fsp3) is 0.400. The number of aromatic hydroxyl groups is 1. The molecule has 5 aliphatic rings. The van der Waals surface area contributed by atoms with Gasteiger partial charge in [-0.3, -0.25) is 9.69 Å². The highest BCUT2D eigenvalue weighted by Gasteiger charge is 2.72. The van der Waals surface area contributed by atoms with E-state index in [0.29, 0.717) is 24.3 Å². The first-order valence-electron chi connectivity index (χ1n) is 15.4. The van der Waals surface area contributed by atoms with Crippen molar-refractivity contribution < 1.29 is 19.7 Å². The number of amides is 1. The fourth-order valence-corrected chi connectivity index (χ4v) is 8.83. The zero-order chi connectivity index (χ0) is 28.2. The number of hydrogen-bond acceptors (Lipinski definition) is 5. The second-order valence-electron chi connectivity index (χ2n) is 13.2. The molecule has 0 unspecified atom stereocenters. The molecular weight excluding hydrogens is 526 g/mol. The van der Waals surface area contributed by atoms with E-state index in [-0.39, 0.29) is 17.7 Å². The van der Waals surface area contributed by atoms with Crippen LogP contribution in [0.15, 0.2) is 60.7 Å². The van der Waals surface area contributed by atoms with E-state index < -0.39 is 17.1 Å². The first kappa shape index (κ1) is 24.8. The molecule has 42 heavy (non-hydrogen) atoms. The van der Waals surface area contributed by atoms with Crippen LogP contribution in [0, 0.1) is 5.92 Å². The molecule has 2 aliphatic heterocycles. The molecule has 9 rings (SSSR count). The van der Waals surface area contributed by atoms with Gasteiger partial charge in [0, 0.05) is 47.6 Å². The summed E-state index contributed by atoms with van der Waals surface area (Å²) in [6.45, 7) is 2.51. The Kier molecular flexibility index (Phi) is 5.08. The molecule has 1 saturated heterocycles. The Hall–Kier alpha value is -3.81. The average Bonchev–Trinajstić information content (AvgIpc) is 3.64. The van der Waals surface area contributed by atoms with Crippen molar-refractivity contribution in [3.63, 3.8) is 0 Å². The molecular formula is C35H35N3O4. The van der Waals surface area contributed by atoms with Gasteiger partial charge >= 0.3 is 0 Å². The van der Waals surface area contributed by atoms with E-state index in [1.165, 1.54) is 24.0 Å². The monoisotopic (exact) mass is 561 g/mol. The number of phenolic OH excluding ortho intramolecular Hbond substituents is 1. The molecule has 4 atom stereocenters. The number of benzene rings is 3. The van der Waals surface area contributed by atoms with E-state index in [1.807, 2.05) is 42.5 Å². The Labute approximate surface area is 244 Å². The Morgan fingerprint density at radius 3 is 2.81 bits per heavy atom. The molecule has 214 valence electrons. The van der Waals surface area contributed by atoms with E-state index in [9.17, 15) is 15.0 Å². The van der Waals surface area contributed by atoms with Crippen LogP contribution in [0.1, 0.15) is 63.7 Å². The third kappa shape index (κ3) is 3.26. The van der Waals surface area contributed by atoms with Crippen molar-refractivity contribution in [2.24, 2.45) is 5.92 Å². The van der Waals surface area contributed by atoms with Gasteiger partial charge < -0.3 is 25.3 Å². The molecule has 1 amide bonds. The molecule has 7 heteroatoms. The van der Waals surface area contributed by atoms with Gasteiger partial charge in [0.1, 0.15) is 0 Å². The number of rotatable bonds is 6.